The molecule has 0 saturated carbocycles. The molecule has 21 nitrogen and oxygen atoms in total. The molecule has 0 aliphatic heterocycles. The Balaban J connectivity index is 0.000000152. The van der Waals surface area contributed by atoms with Crippen LogP contribution in [-0.2, 0) is 0 Å². The first-order valence-electron chi connectivity index (χ1n) is 33.9. The van der Waals surface area contributed by atoms with Gasteiger partial charge in [-0.15, -0.1) is 0 Å². The predicted molar refractivity (Wildman–Crippen MR) is 386 cm³/mol. The second kappa shape index (κ2) is 34.0. The first-order valence-corrected chi connectivity index (χ1v) is 33.9. The maximum Gasteiger partial charge on any atom is 0.338 e. The molecule has 0 fully saturated rings. The van der Waals surface area contributed by atoms with E-state index in [2.05, 4.69) is 123 Å². The lowest BCUT2D eigenvalue weighted by Crippen LogP contribution is -3.16. The summed E-state index contributed by atoms with van der Waals surface area (Å²) in [6.45, 7) is 17.7. The van der Waals surface area contributed by atoms with Crippen molar-refractivity contribution in [3.8, 4) is 0 Å². The monoisotopic (exact) mass is 1320 g/mol. The van der Waals surface area contributed by atoms with E-state index in [0.29, 0.717) is 32.7 Å². The smallest absolute Gasteiger partial charge is 0.338 e. The van der Waals surface area contributed by atoms with E-state index in [1.165, 1.54) is 15.4 Å². The normalized spacial score (nSPS) is 13.4. The number of ketones is 4. The number of nitrogens with one attached hydrogen (secondary N) is 5. The zero-order valence-electron chi connectivity index (χ0n) is 56.3. The number of nitrogens with zero attached hydrogens (tertiary/aromatic N) is 1. The van der Waals surface area contributed by atoms with E-state index in [4.69, 9.17) is 34.4 Å². The van der Waals surface area contributed by atoms with E-state index in [9.17, 15) is 19.2 Å². The third-order valence-corrected chi connectivity index (χ3v) is 18.3. The Morgan fingerprint density at radius 1 is 0.402 bits per heavy atom. The van der Waals surface area contributed by atoms with Gasteiger partial charge in [0.2, 0.25) is 0 Å². The molecular formula is C76H102N17O4+11. The SMILES string of the molecule is CCC[N+](CC[NH3+])(CC[NH3+])CC1=Cc2cccc3cccc(c23)C1=O.NC(N)=[NH+]CC[NH+](CC[NH+]=C(N)N)CC1=Cc2cccc3cccc(c23)C1=O.NC(N)=[NH+]CC[NH2+]CC1=Cc2cccc3cccc(c23)C1=O.[NH3+]CC[NH+](CC[NH3+])CC1=Cc2cccc3cccc(c23)C1=O. The molecule has 0 unspecified atom stereocenters. The van der Waals surface area contributed by atoms with Crippen LogP contribution < -0.4 is 87.4 Å². The molecule has 0 radical (unpaired) electrons. The molecule has 31 N–H and O–H groups in total. The van der Waals surface area contributed by atoms with Crippen LogP contribution >= 0.6 is 0 Å². The number of hydrogen-bond donors (Lipinski definition) is 16. The number of hydrogen-bond acceptors (Lipinski definition) is 4. The van der Waals surface area contributed by atoms with Gasteiger partial charge >= 0.3 is 17.9 Å². The number of rotatable bonds is 27. The first kappa shape index (κ1) is 71.2. The minimum Gasteiger partial charge on any atom is -0.353 e. The quantitative estimate of drug-likeness (QED) is 0.00999. The molecule has 0 saturated heterocycles. The maximum absolute atomic E-state index is 13.2. The van der Waals surface area contributed by atoms with Gasteiger partial charge in [-0.05, 0) is 74.5 Å². The Labute approximate surface area is 566 Å². The molecule has 0 bridgehead atoms. The van der Waals surface area contributed by atoms with Crippen molar-refractivity contribution in [2.24, 2.45) is 34.4 Å². The molecule has 0 aromatic heterocycles. The zero-order valence-corrected chi connectivity index (χ0v) is 56.3. The van der Waals surface area contributed by atoms with E-state index < -0.39 is 0 Å². The Hall–Kier alpha value is -10.1. The van der Waals surface area contributed by atoms with Gasteiger partial charge in [-0.1, -0.05) is 153 Å². The number of Topliss-reactive ketones (excluding diaryl/α,β-unsaturated/α-hetero) is 4. The van der Waals surface area contributed by atoms with Gasteiger partial charge in [0.25, 0.3) is 0 Å². The highest BCUT2D eigenvalue weighted by molar-refractivity contribution is 6.25. The summed E-state index contributed by atoms with van der Waals surface area (Å²) in [5, 5.41) is 10.8. The molecule has 0 atom stereocenters. The van der Waals surface area contributed by atoms with Crippen molar-refractivity contribution in [1.29, 1.82) is 0 Å². The van der Waals surface area contributed by atoms with Gasteiger partial charge < -0.3 is 42.5 Å². The molecule has 0 heterocycles. The Morgan fingerprint density at radius 3 is 1.07 bits per heavy atom. The van der Waals surface area contributed by atoms with Gasteiger partial charge in [-0.3, -0.25) is 68.6 Å². The molecule has 8 aromatic carbocycles. The first-order chi connectivity index (χ1) is 47.0. The number of carbonyl (C=O) groups is 4. The van der Waals surface area contributed by atoms with Crippen LogP contribution in [0.2, 0.25) is 0 Å². The molecular weight excluding hydrogens is 1210 g/mol. The molecule has 4 aliphatic carbocycles. The van der Waals surface area contributed by atoms with Crippen molar-refractivity contribution >= 4 is 108 Å². The highest BCUT2D eigenvalue weighted by Gasteiger charge is 2.34. The molecule has 8 aromatic rings. The Kier molecular flexibility index (Phi) is 25.0. The van der Waals surface area contributed by atoms with Crippen molar-refractivity contribution in [3.63, 3.8) is 0 Å². The average Bonchev–Trinajstić information content (AvgIpc) is 0.790. The largest absolute Gasteiger partial charge is 0.353 e. The third-order valence-electron chi connectivity index (χ3n) is 18.3. The number of nitrogens with two attached hydrogens (primary N) is 7. The minimum absolute atomic E-state index is 0.0810. The van der Waals surface area contributed by atoms with E-state index >= 15 is 0 Å². The summed E-state index contributed by atoms with van der Waals surface area (Å²) < 4.78 is 0.916. The van der Waals surface area contributed by atoms with Crippen LogP contribution in [0.5, 0.6) is 0 Å². The summed E-state index contributed by atoms with van der Waals surface area (Å²) in [6.07, 6.45) is 9.31. The molecule has 12 rings (SSSR count). The summed E-state index contributed by atoms with van der Waals surface area (Å²) in [6, 6.07) is 48.5. The van der Waals surface area contributed by atoms with Crippen LogP contribution in [-0.4, -0.2) is 170 Å². The van der Waals surface area contributed by atoms with Gasteiger partial charge in [0.15, 0.2) is 23.1 Å². The van der Waals surface area contributed by atoms with Crippen molar-refractivity contribution in [3.05, 3.63) is 212 Å². The van der Waals surface area contributed by atoms with E-state index in [1.807, 2.05) is 97.1 Å². The number of benzene rings is 8. The minimum atomic E-state index is 0.0810. The van der Waals surface area contributed by atoms with Gasteiger partial charge in [0, 0.05) is 43.8 Å². The van der Waals surface area contributed by atoms with Crippen LogP contribution in [0.25, 0.3) is 67.4 Å². The van der Waals surface area contributed by atoms with Gasteiger partial charge in [0.1, 0.15) is 118 Å². The summed E-state index contributed by atoms with van der Waals surface area (Å²) >= 11 is 0. The fraction of sp³-hybridized carbons (Fsp3) is 0.276. The highest BCUT2D eigenvalue weighted by Crippen LogP contribution is 2.35. The molecule has 0 amide bonds. The van der Waals surface area contributed by atoms with Gasteiger partial charge in [-0.2, -0.15) is 0 Å². The molecule has 0 spiro atoms. The predicted octanol–water partition coefficient (Wildman–Crippen LogP) is -6.73. The third kappa shape index (κ3) is 17.7. The Morgan fingerprint density at radius 2 is 0.722 bits per heavy atom. The fourth-order valence-electron chi connectivity index (χ4n) is 14.0. The molecule has 4 aliphatic rings. The van der Waals surface area contributed by atoms with E-state index in [-0.39, 0.29) is 41.0 Å². The summed E-state index contributed by atoms with van der Waals surface area (Å²) in [5.74, 6) is 1.17. The van der Waals surface area contributed by atoms with Crippen LogP contribution in [0.15, 0.2) is 168 Å². The van der Waals surface area contributed by atoms with Crippen molar-refractivity contribution in [1.82, 2.24) is 0 Å². The maximum atomic E-state index is 13.2. The standard InChI is InChI=1S/C21H28N3O.C20H25N7O.C18H21N3O.C17H18N4O/c1-2-11-24(12-9-22,13-10-23)15-18-14-17-7-3-5-16-6-4-8-19(20(16)17)21(18)25;21-19(22)25-7-9-27(10-8-26-20(23)24)12-15-11-14-5-1-3-13-4-2-6-16(17(13)14)18(15)28;19-7-9-21(10-8-20)12-15-11-14-5-1-3-13-4-2-6-16(17(13)14)18(15)22;18-17(19)21-8-7-20-10-13-9-12-5-1-3-11-4-2-6-14(15(11)12)16(13)22/h3-8,14H,2,9-13,15,22-23H2,1H3;1-6,11H,7-10,12H2,(H4,21,22,25)(H4,23,24,26);1-6,11H,7-10,12,19-20H2;1-6,9,20H,7-8,10H2,(H4,18,19,21)/q+1;;;/p+10. The second-order valence-corrected chi connectivity index (χ2v) is 25.4. The summed E-state index contributed by atoms with van der Waals surface area (Å²) in [4.78, 5) is 63.0. The highest BCUT2D eigenvalue weighted by atomic mass is 16.1. The lowest BCUT2D eigenvalue weighted by Gasteiger charge is -2.37. The average molecular weight is 1320 g/mol. The molecule has 21 heteroatoms. The summed E-state index contributed by atoms with van der Waals surface area (Å²) in [5.41, 5.74) is 59.9. The van der Waals surface area contributed by atoms with Crippen molar-refractivity contribution in [2.75, 3.05) is 124 Å². The molecule has 504 valence electrons. The number of quaternary nitrogens is 8. The fourth-order valence-corrected chi connectivity index (χ4v) is 14.0. The van der Waals surface area contributed by atoms with E-state index in [1.54, 1.807) is 0 Å². The van der Waals surface area contributed by atoms with Crippen LogP contribution in [0.3, 0.4) is 0 Å². The van der Waals surface area contributed by atoms with Gasteiger partial charge in [-0.25, -0.2) is 0 Å². The lowest BCUT2D eigenvalue weighted by atomic mass is 9.87. The number of carbonyl (C=O) groups excluding carboxylic acids is 4. The lowest BCUT2D eigenvalue weighted by molar-refractivity contribution is -0.932. The summed E-state index contributed by atoms with van der Waals surface area (Å²) in [7, 11) is 0. The van der Waals surface area contributed by atoms with Crippen LogP contribution in [0.1, 0.15) is 77.0 Å². The van der Waals surface area contributed by atoms with Crippen LogP contribution in [0, 0.1) is 0 Å². The van der Waals surface area contributed by atoms with Crippen molar-refractivity contribution < 1.29 is 76.7 Å². The second-order valence-electron chi connectivity index (χ2n) is 25.4. The topological polar surface area (TPSA) is 402 Å². The Bertz CT molecular complexity index is 4350. The van der Waals surface area contributed by atoms with Gasteiger partial charge in [0.05, 0.1) is 28.8 Å². The zero-order chi connectivity index (χ0) is 69.0. The molecule has 97 heavy (non-hydrogen) atoms. The van der Waals surface area contributed by atoms with Crippen molar-refractivity contribution in [2.45, 2.75) is 13.3 Å². The van der Waals surface area contributed by atoms with E-state index in [0.717, 1.165) is 207 Å². The number of guanidine groups is 3. The van der Waals surface area contributed by atoms with Crippen LogP contribution in [0.4, 0.5) is 0 Å².